The van der Waals surface area contributed by atoms with E-state index in [0.29, 0.717) is 6.54 Å². The molecule has 0 amide bonds. The van der Waals surface area contributed by atoms with Crippen LogP contribution < -0.4 is 11.5 Å². The van der Waals surface area contributed by atoms with Gasteiger partial charge in [-0.2, -0.15) is 0 Å². The molecule has 0 unspecified atom stereocenters. The molecule has 3 rings (SSSR count). The van der Waals surface area contributed by atoms with Gasteiger partial charge < -0.3 is 16.0 Å². The molecule has 0 aliphatic heterocycles. The highest BCUT2D eigenvalue weighted by molar-refractivity contribution is 5.82. The van der Waals surface area contributed by atoms with Gasteiger partial charge in [0, 0.05) is 17.8 Å². The number of aryl methyl sites for hydroxylation is 3. The van der Waals surface area contributed by atoms with Gasteiger partial charge in [-0.1, -0.05) is 0 Å². The molecule has 0 atom stereocenters. The fraction of sp³-hybridized carbons (Fsp3) is 0.278. The lowest BCUT2D eigenvalue weighted by Gasteiger charge is -2.09. The summed E-state index contributed by atoms with van der Waals surface area (Å²) in [6.45, 7) is 5.80. The van der Waals surface area contributed by atoms with E-state index in [0.717, 1.165) is 35.6 Å². The maximum absolute atomic E-state index is 5.79. The first-order valence-electron chi connectivity index (χ1n) is 7.63. The zero-order valence-corrected chi connectivity index (χ0v) is 13.1. The summed E-state index contributed by atoms with van der Waals surface area (Å²) >= 11 is 0. The maximum Gasteiger partial charge on any atom is 0.141 e. The fourth-order valence-corrected chi connectivity index (χ4v) is 2.71. The van der Waals surface area contributed by atoms with Crippen LogP contribution in [0.15, 0.2) is 36.4 Å². The number of nitrogen functional groups attached to an aromatic ring is 1. The van der Waals surface area contributed by atoms with E-state index in [4.69, 9.17) is 16.5 Å². The lowest BCUT2D eigenvalue weighted by molar-refractivity contribution is 0.671. The van der Waals surface area contributed by atoms with E-state index in [1.165, 1.54) is 16.6 Å². The van der Waals surface area contributed by atoms with Gasteiger partial charge in [0.15, 0.2) is 0 Å². The van der Waals surface area contributed by atoms with Crippen LogP contribution in [0.25, 0.3) is 22.4 Å². The molecule has 114 valence electrons. The number of benzene rings is 2. The minimum absolute atomic E-state index is 0.672. The molecule has 3 aromatic rings. The third-order valence-corrected chi connectivity index (χ3v) is 4.12. The first-order valence-corrected chi connectivity index (χ1v) is 7.63. The number of anilines is 1. The molecule has 0 aliphatic carbocycles. The average molecular weight is 294 g/mol. The van der Waals surface area contributed by atoms with Gasteiger partial charge in [0.05, 0.1) is 11.0 Å². The highest BCUT2D eigenvalue weighted by Crippen LogP contribution is 2.27. The highest BCUT2D eigenvalue weighted by atomic mass is 15.1. The van der Waals surface area contributed by atoms with Crippen molar-refractivity contribution in [1.29, 1.82) is 0 Å². The molecule has 22 heavy (non-hydrogen) atoms. The first kappa shape index (κ1) is 14.6. The summed E-state index contributed by atoms with van der Waals surface area (Å²) < 4.78 is 2.26. The van der Waals surface area contributed by atoms with Crippen molar-refractivity contribution in [3.63, 3.8) is 0 Å². The zero-order chi connectivity index (χ0) is 15.7. The summed E-state index contributed by atoms with van der Waals surface area (Å²) in [6, 6.07) is 12.3. The Morgan fingerprint density at radius 2 is 1.73 bits per heavy atom. The number of nitrogens with two attached hydrogens (primary N) is 2. The van der Waals surface area contributed by atoms with Crippen LogP contribution in [0.3, 0.4) is 0 Å². The second-order valence-electron chi connectivity index (χ2n) is 5.78. The molecular weight excluding hydrogens is 272 g/mol. The van der Waals surface area contributed by atoms with Gasteiger partial charge in [-0.15, -0.1) is 0 Å². The smallest absolute Gasteiger partial charge is 0.141 e. The Balaban J connectivity index is 2.21. The van der Waals surface area contributed by atoms with Crippen LogP contribution >= 0.6 is 0 Å². The molecule has 0 saturated heterocycles. The maximum atomic E-state index is 5.79. The van der Waals surface area contributed by atoms with Gasteiger partial charge in [0.1, 0.15) is 5.82 Å². The molecule has 4 N–H and O–H groups in total. The third kappa shape index (κ3) is 2.57. The van der Waals surface area contributed by atoms with Crippen molar-refractivity contribution in [3.05, 3.63) is 47.5 Å². The number of rotatable bonds is 4. The summed E-state index contributed by atoms with van der Waals surface area (Å²) in [4.78, 5) is 4.85. The van der Waals surface area contributed by atoms with Gasteiger partial charge in [-0.3, -0.25) is 0 Å². The van der Waals surface area contributed by atoms with Crippen LogP contribution in [-0.4, -0.2) is 16.1 Å². The number of fused-ring (bicyclic) bond motifs is 1. The predicted molar refractivity (Wildman–Crippen MR) is 92.7 cm³/mol. The molecule has 4 nitrogen and oxygen atoms in total. The Labute approximate surface area is 130 Å². The van der Waals surface area contributed by atoms with Crippen LogP contribution in [0.1, 0.15) is 17.5 Å². The second-order valence-corrected chi connectivity index (χ2v) is 5.78. The summed E-state index contributed by atoms with van der Waals surface area (Å²) in [5.74, 6) is 0.980. The quantitative estimate of drug-likeness (QED) is 0.726. The molecule has 0 saturated carbocycles. The predicted octanol–water partition coefficient (Wildman–Crippen LogP) is 3.25. The lowest BCUT2D eigenvalue weighted by atomic mass is 10.1. The Morgan fingerprint density at radius 1 is 1.05 bits per heavy atom. The van der Waals surface area contributed by atoms with Crippen LogP contribution in [0.5, 0.6) is 0 Å². The summed E-state index contributed by atoms with van der Waals surface area (Å²) in [6.07, 6.45) is 0.931. The Kier molecular flexibility index (Phi) is 3.86. The molecule has 0 radical (unpaired) electrons. The molecule has 0 spiro atoms. The van der Waals surface area contributed by atoms with Crippen molar-refractivity contribution in [3.8, 4) is 11.4 Å². The normalized spacial score (nSPS) is 11.2. The van der Waals surface area contributed by atoms with E-state index >= 15 is 0 Å². The summed E-state index contributed by atoms with van der Waals surface area (Å²) in [7, 11) is 0. The molecule has 1 aromatic heterocycles. The van der Waals surface area contributed by atoms with Crippen LogP contribution in [0, 0.1) is 13.8 Å². The Hall–Kier alpha value is -2.33. The number of imidazole rings is 1. The van der Waals surface area contributed by atoms with Crippen molar-refractivity contribution in [2.45, 2.75) is 26.8 Å². The van der Waals surface area contributed by atoms with Gasteiger partial charge in [0.25, 0.3) is 0 Å². The van der Waals surface area contributed by atoms with Gasteiger partial charge in [-0.05, 0) is 74.3 Å². The Morgan fingerprint density at radius 3 is 2.41 bits per heavy atom. The number of hydrogen-bond donors (Lipinski definition) is 2. The molecule has 0 fully saturated rings. The molecule has 1 heterocycles. The number of hydrogen-bond acceptors (Lipinski definition) is 3. The van der Waals surface area contributed by atoms with Crippen molar-refractivity contribution in [2.75, 3.05) is 12.3 Å². The first-order chi connectivity index (χ1) is 10.6. The van der Waals surface area contributed by atoms with Crippen LogP contribution in [0.4, 0.5) is 5.69 Å². The Bertz CT molecular complexity index is 800. The van der Waals surface area contributed by atoms with Gasteiger partial charge >= 0.3 is 0 Å². The third-order valence-electron chi connectivity index (χ3n) is 4.12. The largest absolute Gasteiger partial charge is 0.399 e. The number of aromatic nitrogens is 2. The molecular formula is C18H22N4. The van der Waals surface area contributed by atoms with Crippen molar-refractivity contribution >= 4 is 16.7 Å². The monoisotopic (exact) mass is 294 g/mol. The molecule has 4 heteroatoms. The van der Waals surface area contributed by atoms with Crippen molar-refractivity contribution in [1.82, 2.24) is 9.55 Å². The zero-order valence-electron chi connectivity index (χ0n) is 13.1. The minimum atomic E-state index is 0.672. The summed E-state index contributed by atoms with van der Waals surface area (Å²) in [5, 5.41) is 0. The van der Waals surface area contributed by atoms with Crippen molar-refractivity contribution < 1.29 is 0 Å². The van der Waals surface area contributed by atoms with E-state index in [-0.39, 0.29) is 0 Å². The van der Waals surface area contributed by atoms with E-state index in [1.807, 2.05) is 24.3 Å². The van der Waals surface area contributed by atoms with E-state index in [9.17, 15) is 0 Å². The fourth-order valence-electron chi connectivity index (χ4n) is 2.71. The average Bonchev–Trinajstić information content (AvgIpc) is 2.84. The topological polar surface area (TPSA) is 69.9 Å². The molecule has 0 aliphatic rings. The minimum Gasteiger partial charge on any atom is -0.399 e. The van der Waals surface area contributed by atoms with E-state index in [1.54, 1.807) is 0 Å². The van der Waals surface area contributed by atoms with E-state index < -0.39 is 0 Å². The second kappa shape index (κ2) is 5.81. The molecule has 2 aromatic carbocycles. The SMILES string of the molecule is Cc1cc2nc(-c3ccc(N)cc3)n(CCCN)c2cc1C. The lowest BCUT2D eigenvalue weighted by Crippen LogP contribution is -2.07. The van der Waals surface area contributed by atoms with E-state index in [2.05, 4.69) is 30.5 Å². The molecule has 0 bridgehead atoms. The van der Waals surface area contributed by atoms with Crippen molar-refractivity contribution in [2.24, 2.45) is 5.73 Å². The standard InChI is InChI=1S/C18H22N4/c1-12-10-16-17(11-13(12)2)22(9-3-8-19)18(21-16)14-4-6-15(20)7-5-14/h4-7,10-11H,3,8-9,19-20H2,1-2H3. The van der Waals surface area contributed by atoms with Gasteiger partial charge in [-0.25, -0.2) is 4.98 Å². The number of nitrogens with zero attached hydrogens (tertiary/aromatic N) is 2. The van der Waals surface area contributed by atoms with Gasteiger partial charge in [0.2, 0.25) is 0 Å². The highest BCUT2D eigenvalue weighted by Gasteiger charge is 2.13. The van der Waals surface area contributed by atoms with Crippen LogP contribution in [0.2, 0.25) is 0 Å². The summed E-state index contributed by atoms with van der Waals surface area (Å²) in [5.41, 5.74) is 18.1. The van der Waals surface area contributed by atoms with Crippen LogP contribution in [-0.2, 0) is 6.54 Å².